The molecular formula is C17H15FN6O4S. The second kappa shape index (κ2) is 9.01. The quantitative estimate of drug-likeness (QED) is 0.246. The number of halogens is 1. The number of nitro groups is 1. The van der Waals surface area contributed by atoms with Crippen molar-refractivity contribution in [2.75, 3.05) is 16.9 Å². The Balaban J connectivity index is 1.52. The number of nitro benzene ring substituents is 1. The maximum absolute atomic E-state index is 13.6. The summed E-state index contributed by atoms with van der Waals surface area (Å²) in [6.07, 6.45) is 0. The van der Waals surface area contributed by atoms with E-state index < -0.39 is 10.7 Å². The lowest BCUT2D eigenvalue weighted by atomic mass is 10.3. The second-order valence-electron chi connectivity index (χ2n) is 5.63. The van der Waals surface area contributed by atoms with Crippen LogP contribution < -0.4 is 15.9 Å². The van der Waals surface area contributed by atoms with E-state index >= 15 is 0 Å². The number of para-hydroxylation sites is 1. The summed E-state index contributed by atoms with van der Waals surface area (Å²) in [7, 11) is 0. The molecule has 12 heteroatoms. The van der Waals surface area contributed by atoms with Crippen molar-refractivity contribution in [1.82, 2.24) is 14.9 Å². The van der Waals surface area contributed by atoms with E-state index in [1.54, 1.807) is 12.1 Å². The summed E-state index contributed by atoms with van der Waals surface area (Å²) in [5.41, 5.74) is 0.355. The van der Waals surface area contributed by atoms with Gasteiger partial charge in [0.25, 0.3) is 5.69 Å². The third-order valence-corrected chi connectivity index (χ3v) is 4.57. The average molecular weight is 418 g/mol. The maximum Gasteiger partial charge on any atom is 0.269 e. The molecule has 0 bridgehead atoms. The Hall–Kier alpha value is -3.67. The summed E-state index contributed by atoms with van der Waals surface area (Å²) in [6, 6.07) is 11.4. The minimum atomic E-state index is -0.525. The van der Waals surface area contributed by atoms with Crippen LogP contribution in [0.25, 0.3) is 0 Å². The predicted molar refractivity (Wildman–Crippen MR) is 103 cm³/mol. The Kier molecular flexibility index (Phi) is 6.24. The fraction of sp³-hybridized carbons (Fsp3) is 0.118. The van der Waals surface area contributed by atoms with Crippen LogP contribution >= 0.6 is 11.8 Å². The molecule has 0 atom stereocenters. The minimum Gasteiger partial charge on any atom is -0.482 e. The number of aromatic nitrogens is 3. The van der Waals surface area contributed by atoms with E-state index in [1.807, 2.05) is 0 Å². The zero-order valence-corrected chi connectivity index (χ0v) is 15.6. The lowest BCUT2D eigenvalue weighted by molar-refractivity contribution is -0.384. The Bertz CT molecular complexity index is 1030. The minimum absolute atomic E-state index is 0.0134. The number of anilines is 1. The van der Waals surface area contributed by atoms with Gasteiger partial charge in [-0.2, -0.15) is 0 Å². The van der Waals surface area contributed by atoms with Crippen molar-refractivity contribution in [3.05, 3.63) is 70.3 Å². The first-order chi connectivity index (χ1) is 13.9. The van der Waals surface area contributed by atoms with Gasteiger partial charge in [0, 0.05) is 17.8 Å². The van der Waals surface area contributed by atoms with Gasteiger partial charge in [0.2, 0.25) is 11.1 Å². The van der Waals surface area contributed by atoms with E-state index in [4.69, 9.17) is 10.6 Å². The number of nitrogens with one attached hydrogen (secondary N) is 1. The van der Waals surface area contributed by atoms with Crippen molar-refractivity contribution >= 4 is 29.0 Å². The van der Waals surface area contributed by atoms with Crippen LogP contribution in [-0.4, -0.2) is 31.5 Å². The number of carbonyl (C=O) groups excluding carboxylic acids is 1. The third kappa shape index (κ3) is 5.19. The van der Waals surface area contributed by atoms with Crippen molar-refractivity contribution < 1.29 is 18.8 Å². The number of nitrogens with two attached hydrogens (primary N) is 1. The molecule has 0 spiro atoms. The zero-order valence-electron chi connectivity index (χ0n) is 14.8. The molecule has 29 heavy (non-hydrogen) atoms. The van der Waals surface area contributed by atoms with Crippen LogP contribution in [0.1, 0.15) is 5.82 Å². The Labute approximate surface area is 168 Å². The van der Waals surface area contributed by atoms with Crippen LogP contribution in [0.15, 0.2) is 53.7 Å². The molecule has 3 rings (SSSR count). The van der Waals surface area contributed by atoms with Crippen molar-refractivity contribution in [3.63, 3.8) is 0 Å². The topological polar surface area (TPSA) is 138 Å². The van der Waals surface area contributed by atoms with Crippen LogP contribution in [0.2, 0.25) is 0 Å². The number of non-ortho nitro benzene ring substituents is 1. The first-order valence-electron chi connectivity index (χ1n) is 8.18. The number of thioether (sulfide) groups is 1. The maximum atomic E-state index is 13.6. The molecule has 3 N–H and O–H groups in total. The Morgan fingerprint density at radius 2 is 1.97 bits per heavy atom. The summed E-state index contributed by atoms with van der Waals surface area (Å²) in [4.78, 5) is 22.1. The monoisotopic (exact) mass is 418 g/mol. The average Bonchev–Trinajstić information content (AvgIpc) is 3.06. The van der Waals surface area contributed by atoms with Crippen LogP contribution in [-0.2, 0) is 11.4 Å². The van der Waals surface area contributed by atoms with Gasteiger partial charge in [-0.05, 0) is 24.3 Å². The van der Waals surface area contributed by atoms with Crippen molar-refractivity contribution in [2.24, 2.45) is 0 Å². The van der Waals surface area contributed by atoms with E-state index in [0.717, 1.165) is 16.4 Å². The summed E-state index contributed by atoms with van der Waals surface area (Å²) >= 11 is 1.04. The van der Waals surface area contributed by atoms with E-state index in [-0.39, 0.29) is 40.7 Å². The molecule has 10 nitrogen and oxygen atoms in total. The SMILES string of the molecule is Nn1c(COc2ccccc2F)nnc1SCC(=O)Nc1ccc([N+](=O)[O-])cc1. The molecule has 0 fully saturated rings. The van der Waals surface area contributed by atoms with E-state index in [0.29, 0.717) is 5.69 Å². The molecule has 0 aliphatic rings. The molecule has 1 amide bonds. The molecule has 0 aliphatic carbocycles. The van der Waals surface area contributed by atoms with Crippen LogP contribution in [0.4, 0.5) is 15.8 Å². The second-order valence-corrected chi connectivity index (χ2v) is 6.57. The molecule has 1 heterocycles. The highest BCUT2D eigenvalue weighted by Gasteiger charge is 2.14. The lowest BCUT2D eigenvalue weighted by Crippen LogP contribution is -2.18. The predicted octanol–water partition coefficient (Wildman–Crippen LogP) is 2.35. The zero-order chi connectivity index (χ0) is 20.8. The first-order valence-corrected chi connectivity index (χ1v) is 9.16. The number of carbonyl (C=O) groups is 1. The Morgan fingerprint density at radius 3 is 2.66 bits per heavy atom. The highest BCUT2D eigenvalue weighted by molar-refractivity contribution is 7.99. The standard InChI is InChI=1S/C17H15FN6O4S/c18-13-3-1-2-4-14(13)28-9-15-21-22-17(23(15)19)29-10-16(25)20-11-5-7-12(8-6-11)24(26)27/h1-8H,9-10,19H2,(H,20,25). The largest absolute Gasteiger partial charge is 0.482 e. The molecule has 2 aromatic carbocycles. The first kappa shape index (κ1) is 20.1. The van der Waals surface area contributed by atoms with Crippen molar-refractivity contribution in [3.8, 4) is 5.75 Å². The van der Waals surface area contributed by atoms with Gasteiger partial charge in [-0.25, -0.2) is 9.07 Å². The van der Waals surface area contributed by atoms with E-state index in [2.05, 4.69) is 15.5 Å². The van der Waals surface area contributed by atoms with Crippen molar-refractivity contribution in [1.29, 1.82) is 0 Å². The Morgan fingerprint density at radius 1 is 1.24 bits per heavy atom. The number of ether oxygens (including phenoxy) is 1. The van der Waals surface area contributed by atoms with Gasteiger partial charge in [-0.1, -0.05) is 23.9 Å². The fourth-order valence-electron chi connectivity index (χ4n) is 2.20. The number of hydrogen-bond acceptors (Lipinski definition) is 8. The van der Waals surface area contributed by atoms with Gasteiger partial charge in [-0.3, -0.25) is 14.9 Å². The molecule has 0 unspecified atom stereocenters. The molecule has 0 saturated carbocycles. The number of hydrogen-bond donors (Lipinski definition) is 2. The summed E-state index contributed by atoms with van der Waals surface area (Å²) in [6.45, 7) is -0.0972. The molecule has 0 aliphatic heterocycles. The lowest BCUT2D eigenvalue weighted by Gasteiger charge is -2.07. The highest BCUT2D eigenvalue weighted by Crippen LogP contribution is 2.20. The van der Waals surface area contributed by atoms with Crippen molar-refractivity contribution in [2.45, 2.75) is 11.8 Å². The van der Waals surface area contributed by atoms with Gasteiger partial charge >= 0.3 is 0 Å². The summed E-state index contributed by atoms with van der Waals surface area (Å²) in [5.74, 6) is 5.34. The fourth-order valence-corrected chi connectivity index (χ4v) is 2.88. The van der Waals surface area contributed by atoms with Gasteiger partial charge in [0.15, 0.2) is 17.4 Å². The third-order valence-electron chi connectivity index (χ3n) is 3.62. The van der Waals surface area contributed by atoms with Crippen LogP contribution in [0.3, 0.4) is 0 Å². The van der Waals surface area contributed by atoms with Crippen LogP contribution in [0, 0.1) is 15.9 Å². The molecule has 3 aromatic rings. The number of nitrogen functional groups attached to an aromatic ring is 1. The normalized spacial score (nSPS) is 10.5. The van der Waals surface area contributed by atoms with E-state index in [1.165, 1.54) is 36.4 Å². The number of rotatable bonds is 8. The molecule has 0 radical (unpaired) electrons. The molecular weight excluding hydrogens is 403 g/mol. The van der Waals surface area contributed by atoms with Gasteiger partial charge in [0.1, 0.15) is 6.61 Å². The van der Waals surface area contributed by atoms with Gasteiger partial charge in [0.05, 0.1) is 10.7 Å². The smallest absolute Gasteiger partial charge is 0.269 e. The van der Waals surface area contributed by atoms with Crippen LogP contribution in [0.5, 0.6) is 5.75 Å². The van der Waals surface area contributed by atoms with E-state index in [9.17, 15) is 19.3 Å². The molecule has 0 saturated heterocycles. The van der Waals surface area contributed by atoms with Gasteiger partial charge in [-0.15, -0.1) is 10.2 Å². The highest BCUT2D eigenvalue weighted by atomic mass is 32.2. The summed E-state index contributed by atoms with van der Waals surface area (Å²) in [5, 5.41) is 21.3. The summed E-state index contributed by atoms with van der Waals surface area (Å²) < 4.78 is 20.1. The number of amides is 1. The number of nitrogens with zero attached hydrogens (tertiary/aromatic N) is 4. The number of benzene rings is 2. The molecule has 150 valence electrons. The molecule has 1 aromatic heterocycles. The van der Waals surface area contributed by atoms with Gasteiger partial charge < -0.3 is 15.9 Å².